The zero-order chi connectivity index (χ0) is 23.4. The summed E-state index contributed by atoms with van der Waals surface area (Å²) in [7, 11) is 0. The lowest BCUT2D eigenvalue weighted by atomic mass is 10.2. The Kier molecular flexibility index (Phi) is 6.43. The molecule has 4 rings (SSSR count). The first-order valence-electron chi connectivity index (χ1n) is 10.1. The summed E-state index contributed by atoms with van der Waals surface area (Å²) in [5, 5.41) is 9.38. The highest BCUT2D eigenvalue weighted by molar-refractivity contribution is 7.22. The Labute approximate surface area is 193 Å². The number of anilines is 4. The van der Waals surface area contributed by atoms with E-state index in [1.54, 1.807) is 24.3 Å². The van der Waals surface area contributed by atoms with Crippen LogP contribution in [0.1, 0.15) is 27.6 Å². The number of benzene rings is 2. The summed E-state index contributed by atoms with van der Waals surface area (Å²) >= 11 is 1.40. The van der Waals surface area contributed by atoms with Crippen LogP contribution in [0, 0.1) is 0 Å². The van der Waals surface area contributed by atoms with Gasteiger partial charge in [0, 0.05) is 30.0 Å². The number of hydrogen-bond donors (Lipinski definition) is 5. The van der Waals surface area contributed by atoms with Gasteiger partial charge < -0.3 is 22.1 Å². The molecule has 2 aromatic carbocycles. The third-order valence-electron chi connectivity index (χ3n) is 4.54. The van der Waals surface area contributed by atoms with Gasteiger partial charge in [-0.3, -0.25) is 14.9 Å². The van der Waals surface area contributed by atoms with Crippen LogP contribution in [0.3, 0.4) is 0 Å². The molecular weight excluding hydrogens is 440 g/mol. The highest BCUT2D eigenvalue weighted by Gasteiger charge is 2.15. The van der Waals surface area contributed by atoms with E-state index in [4.69, 9.17) is 11.5 Å². The van der Waals surface area contributed by atoms with E-state index in [0.717, 1.165) is 10.2 Å². The van der Waals surface area contributed by atoms with Crippen molar-refractivity contribution < 1.29 is 9.59 Å². The number of rotatable bonds is 8. The molecule has 1 atom stereocenters. The number of para-hydroxylation sites is 1. The molecule has 0 saturated heterocycles. The van der Waals surface area contributed by atoms with Crippen molar-refractivity contribution in [2.24, 2.45) is 11.5 Å². The summed E-state index contributed by atoms with van der Waals surface area (Å²) in [5.74, 6) is -0.478. The normalized spacial score (nSPS) is 11.7. The fraction of sp³-hybridized carbons (Fsp3) is 0.136. The highest BCUT2D eigenvalue weighted by atomic mass is 32.1. The minimum Gasteiger partial charge on any atom is -0.365 e. The minimum atomic E-state index is -0.680. The van der Waals surface area contributed by atoms with Gasteiger partial charge in [-0.15, -0.1) is 0 Å². The number of thiazole rings is 1. The van der Waals surface area contributed by atoms with Crippen LogP contribution in [0.25, 0.3) is 10.2 Å². The molecule has 0 bridgehead atoms. The molecule has 2 aromatic heterocycles. The summed E-state index contributed by atoms with van der Waals surface area (Å²) in [6, 6.07) is 14.3. The number of primary amides is 1. The van der Waals surface area contributed by atoms with Gasteiger partial charge in [-0.1, -0.05) is 29.5 Å². The predicted octanol–water partition coefficient (Wildman–Crippen LogP) is 2.94. The summed E-state index contributed by atoms with van der Waals surface area (Å²) in [6.07, 6.45) is 1.34. The average Bonchev–Trinajstić information content (AvgIpc) is 3.20. The molecule has 2 amide bonds. The van der Waals surface area contributed by atoms with Crippen molar-refractivity contribution in [2.45, 2.75) is 13.0 Å². The number of carbonyl (C=O) groups is 2. The summed E-state index contributed by atoms with van der Waals surface area (Å²) in [4.78, 5) is 37.5. The summed E-state index contributed by atoms with van der Waals surface area (Å²) < 4.78 is 0.986. The topological polar surface area (TPSA) is 161 Å². The first-order valence-corrected chi connectivity index (χ1v) is 10.9. The molecule has 0 aliphatic heterocycles. The number of aromatic nitrogens is 3. The van der Waals surface area contributed by atoms with E-state index in [0.29, 0.717) is 28.9 Å². The number of nitrogens with one attached hydrogen (secondary N) is 3. The van der Waals surface area contributed by atoms with Crippen LogP contribution in [-0.2, 0) is 0 Å². The van der Waals surface area contributed by atoms with Crippen molar-refractivity contribution in [2.75, 3.05) is 22.5 Å². The maximum absolute atomic E-state index is 12.8. The SMILES string of the molecule is C[C@H](N)CNc1ncc(C(N)=O)c(Nc2cccc(C(=O)Nc3nc4ccccc4s3)c2)n1. The molecule has 2 heterocycles. The number of hydrogen-bond acceptors (Lipinski definition) is 9. The quantitative estimate of drug-likeness (QED) is 0.267. The first kappa shape index (κ1) is 22.1. The van der Waals surface area contributed by atoms with Crippen LogP contribution in [0.15, 0.2) is 54.7 Å². The molecule has 11 heteroatoms. The van der Waals surface area contributed by atoms with Crippen molar-refractivity contribution in [3.8, 4) is 0 Å². The van der Waals surface area contributed by atoms with Crippen molar-refractivity contribution in [1.29, 1.82) is 0 Å². The fourth-order valence-electron chi connectivity index (χ4n) is 2.96. The van der Waals surface area contributed by atoms with E-state index in [1.807, 2.05) is 31.2 Å². The Morgan fingerprint density at radius 2 is 1.94 bits per heavy atom. The molecule has 0 aliphatic carbocycles. The van der Waals surface area contributed by atoms with Gasteiger partial charge in [-0.05, 0) is 37.3 Å². The Bertz CT molecular complexity index is 1290. The molecule has 0 radical (unpaired) electrons. The van der Waals surface area contributed by atoms with Crippen LogP contribution < -0.4 is 27.4 Å². The third kappa shape index (κ3) is 5.40. The van der Waals surface area contributed by atoms with Crippen molar-refractivity contribution in [3.63, 3.8) is 0 Å². The van der Waals surface area contributed by atoms with E-state index < -0.39 is 5.91 Å². The second-order valence-corrected chi connectivity index (χ2v) is 8.36. The van der Waals surface area contributed by atoms with E-state index in [2.05, 4.69) is 30.9 Å². The maximum atomic E-state index is 12.8. The van der Waals surface area contributed by atoms with Gasteiger partial charge >= 0.3 is 0 Å². The molecule has 0 saturated carbocycles. The molecule has 0 aliphatic rings. The molecule has 33 heavy (non-hydrogen) atoms. The van der Waals surface area contributed by atoms with Gasteiger partial charge in [-0.25, -0.2) is 9.97 Å². The number of fused-ring (bicyclic) bond motifs is 1. The highest BCUT2D eigenvalue weighted by Crippen LogP contribution is 2.26. The summed E-state index contributed by atoms with van der Waals surface area (Å²) in [6.45, 7) is 2.30. The molecule has 0 spiro atoms. The van der Waals surface area contributed by atoms with Gasteiger partial charge in [0.15, 0.2) is 5.13 Å². The molecular formula is C22H22N8O2S. The Hall–Kier alpha value is -4.09. The van der Waals surface area contributed by atoms with Gasteiger partial charge in [0.2, 0.25) is 5.95 Å². The maximum Gasteiger partial charge on any atom is 0.257 e. The monoisotopic (exact) mass is 462 g/mol. The zero-order valence-corrected chi connectivity index (χ0v) is 18.5. The van der Waals surface area contributed by atoms with Gasteiger partial charge in [0.1, 0.15) is 11.4 Å². The lowest BCUT2D eigenvalue weighted by Crippen LogP contribution is -2.26. The number of amides is 2. The van der Waals surface area contributed by atoms with E-state index in [-0.39, 0.29) is 23.3 Å². The summed E-state index contributed by atoms with van der Waals surface area (Å²) in [5.41, 5.74) is 13.1. The predicted molar refractivity (Wildman–Crippen MR) is 130 cm³/mol. The fourth-order valence-corrected chi connectivity index (χ4v) is 3.83. The minimum absolute atomic E-state index is 0.105. The van der Waals surface area contributed by atoms with Crippen molar-refractivity contribution in [1.82, 2.24) is 15.0 Å². The Balaban J connectivity index is 1.54. The Morgan fingerprint density at radius 3 is 2.70 bits per heavy atom. The van der Waals surface area contributed by atoms with Crippen molar-refractivity contribution >= 4 is 56.0 Å². The van der Waals surface area contributed by atoms with Crippen LogP contribution in [-0.4, -0.2) is 39.4 Å². The van der Waals surface area contributed by atoms with Gasteiger partial charge in [0.05, 0.1) is 10.2 Å². The largest absolute Gasteiger partial charge is 0.365 e. The van der Waals surface area contributed by atoms with Gasteiger partial charge in [-0.2, -0.15) is 4.98 Å². The van der Waals surface area contributed by atoms with E-state index in [9.17, 15) is 9.59 Å². The molecule has 10 nitrogen and oxygen atoms in total. The number of carbonyl (C=O) groups excluding carboxylic acids is 2. The molecule has 0 unspecified atom stereocenters. The lowest BCUT2D eigenvalue weighted by molar-refractivity contribution is 0.0997. The third-order valence-corrected chi connectivity index (χ3v) is 5.49. The second kappa shape index (κ2) is 9.59. The van der Waals surface area contributed by atoms with Crippen LogP contribution in [0.4, 0.5) is 22.6 Å². The Morgan fingerprint density at radius 1 is 1.12 bits per heavy atom. The van der Waals surface area contributed by atoms with Crippen LogP contribution in [0.2, 0.25) is 0 Å². The van der Waals surface area contributed by atoms with Crippen molar-refractivity contribution in [3.05, 3.63) is 65.9 Å². The van der Waals surface area contributed by atoms with E-state index in [1.165, 1.54) is 17.5 Å². The first-order chi connectivity index (χ1) is 15.9. The zero-order valence-electron chi connectivity index (χ0n) is 17.7. The van der Waals surface area contributed by atoms with Crippen LogP contribution >= 0.6 is 11.3 Å². The molecule has 7 N–H and O–H groups in total. The average molecular weight is 463 g/mol. The standard InChI is InChI=1S/C22H22N8O2S/c1-12(23)10-25-21-26-11-15(18(24)31)19(29-21)27-14-6-4-5-13(9-14)20(32)30-22-28-16-7-2-3-8-17(16)33-22/h2-9,11-12H,10,23H2,1H3,(H2,24,31)(H,28,30,32)(H2,25,26,27,29)/t12-/m0/s1. The smallest absolute Gasteiger partial charge is 0.257 e. The molecule has 4 aromatic rings. The molecule has 0 fully saturated rings. The number of nitrogens with zero attached hydrogens (tertiary/aromatic N) is 3. The van der Waals surface area contributed by atoms with Crippen LogP contribution in [0.5, 0.6) is 0 Å². The van der Waals surface area contributed by atoms with E-state index >= 15 is 0 Å². The van der Waals surface area contributed by atoms with Gasteiger partial charge in [0.25, 0.3) is 11.8 Å². The number of nitrogens with two attached hydrogens (primary N) is 2. The lowest BCUT2D eigenvalue weighted by Gasteiger charge is -2.13. The molecule has 168 valence electrons. The second-order valence-electron chi connectivity index (χ2n) is 7.32.